The van der Waals surface area contributed by atoms with E-state index in [0.717, 1.165) is 25.0 Å². The Morgan fingerprint density at radius 2 is 2.13 bits per heavy atom. The van der Waals surface area contributed by atoms with Crippen molar-refractivity contribution in [2.45, 2.75) is 13.0 Å². The van der Waals surface area contributed by atoms with E-state index in [0.29, 0.717) is 17.8 Å². The van der Waals surface area contributed by atoms with Crippen LogP contribution in [0.25, 0.3) is 16.6 Å². The molecular formula is C17H17N5O. The molecule has 2 aromatic heterocycles. The van der Waals surface area contributed by atoms with Gasteiger partial charge in [0.05, 0.1) is 17.4 Å². The molecule has 0 atom stereocenters. The third kappa shape index (κ3) is 2.80. The lowest BCUT2D eigenvalue weighted by molar-refractivity contribution is 0.283. The molecule has 0 radical (unpaired) electrons. The molecule has 1 aliphatic heterocycles. The molecule has 0 saturated carbocycles. The zero-order valence-electron chi connectivity index (χ0n) is 12.6. The second-order valence-electron chi connectivity index (χ2n) is 5.66. The van der Waals surface area contributed by atoms with Gasteiger partial charge in [-0.25, -0.2) is 9.67 Å². The predicted octanol–water partition coefficient (Wildman–Crippen LogP) is 1.87. The van der Waals surface area contributed by atoms with Crippen molar-refractivity contribution >= 4 is 16.6 Å². The van der Waals surface area contributed by atoms with Crippen LogP contribution in [0, 0.1) is 0 Å². The fraction of sp³-hybridized carbons (Fsp3) is 0.235. The molecule has 0 fully saturated rings. The van der Waals surface area contributed by atoms with Crippen molar-refractivity contribution < 1.29 is 0 Å². The van der Waals surface area contributed by atoms with Gasteiger partial charge >= 0.3 is 0 Å². The van der Waals surface area contributed by atoms with Crippen molar-refractivity contribution in [1.82, 2.24) is 24.6 Å². The summed E-state index contributed by atoms with van der Waals surface area (Å²) < 4.78 is 1.91. The Hall–Kier alpha value is -2.73. The number of hydrogen-bond donors (Lipinski definition) is 1. The zero-order valence-corrected chi connectivity index (χ0v) is 12.6. The summed E-state index contributed by atoms with van der Waals surface area (Å²) in [6, 6.07) is 9.35. The molecule has 6 heteroatoms. The molecule has 23 heavy (non-hydrogen) atoms. The molecule has 1 N–H and O–H groups in total. The summed E-state index contributed by atoms with van der Waals surface area (Å²) in [5.74, 6) is 0.713. The second kappa shape index (κ2) is 5.81. The first kappa shape index (κ1) is 13.9. The molecule has 116 valence electrons. The molecule has 0 amide bonds. The molecule has 0 unspecified atom stereocenters. The topological polar surface area (TPSA) is 66.8 Å². The van der Waals surface area contributed by atoms with Crippen LogP contribution in [0.1, 0.15) is 12.2 Å². The summed E-state index contributed by atoms with van der Waals surface area (Å²) in [5, 5.41) is 4.90. The molecule has 1 aromatic carbocycles. The Balaban J connectivity index is 1.52. The molecule has 0 bridgehead atoms. The van der Waals surface area contributed by atoms with Gasteiger partial charge in [0.15, 0.2) is 0 Å². The van der Waals surface area contributed by atoms with Crippen molar-refractivity contribution in [2.75, 3.05) is 13.1 Å². The van der Waals surface area contributed by atoms with Gasteiger partial charge in [-0.2, -0.15) is 5.10 Å². The van der Waals surface area contributed by atoms with Crippen LogP contribution in [-0.4, -0.2) is 37.7 Å². The smallest absolute Gasteiger partial charge is 0.258 e. The SMILES string of the molecule is O=c1[nH]c(CN2CC=C(n3cccn3)CC2)nc2ccccc12. The van der Waals surface area contributed by atoms with E-state index in [9.17, 15) is 4.79 Å². The standard InChI is InChI=1S/C17H17N5O/c23-17-14-4-1-2-5-15(14)19-16(20-17)12-21-10-6-13(7-11-21)22-9-3-8-18-22/h1-6,8-9H,7,10-12H2,(H,19,20,23). The van der Waals surface area contributed by atoms with Gasteiger partial charge in [0.2, 0.25) is 0 Å². The third-order valence-electron chi connectivity index (χ3n) is 4.10. The van der Waals surface area contributed by atoms with Crippen LogP contribution in [0.3, 0.4) is 0 Å². The number of nitrogens with one attached hydrogen (secondary N) is 1. The summed E-state index contributed by atoms with van der Waals surface area (Å²) in [7, 11) is 0. The maximum absolute atomic E-state index is 12.1. The number of benzene rings is 1. The van der Waals surface area contributed by atoms with Crippen molar-refractivity contribution in [3.05, 3.63) is 65.0 Å². The summed E-state index contributed by atoms with van der Waals surface area (Å²) in [6.45, 7) is 2.39. The van der Waals surface area contributed by atoms with E-state index in [1.807, 2.05) is 35.1 Å². The first-order chi connectivity index (χ1) is 11.3. The lowest BCUT2D eigenvalue weighted by Crippen LogP contribution is -2.30. The van der Waals surface area contributed by atoms with Crippen LogP contribution in [0.5, 0.6) is 0 Å². The van der Waals surface area contributed by atoms with Crippen molar-refractivity contribution in [3.8, 4) is 0 Å². The van der Waals surface area contributed by atoms with Gasteiger partial charge < -0.3 is 4.98 Å². The Morgan fingerprint density at radius 3 is 2.91 bits per heavy atom. The maximum atomic E-state index is 12.1. The Morgan fingerprint density at radius 1 is 1.22 bits per heavy atom. The van der Waals surface area contributed by atoms with E-state index >= 15 is 0 Å². The van der Waals surface area contributed by atoms with Gasteiger partial charge in [-0.3, -0.25) is 9.69 Å². The van der Waals surface area contributed by atoms with E-state index in [1.54, 1.807) is 12.3 Å². The first-order valence-electron chi connectivity index (χ1n) is 7.69. The highest BCUT2D eigenvalue weighted by atomic mass is 16.1. The minimum absolute atomic E-state index is 0.0737. The number of rotatable bonds is 3. The minimum atomic E-state index is -0.0737. The normalized spacial score (nSPS) is 15.7. The summed E-state index contributed by atoms with van der Waals surface area (Å²) in [6.07, 6.45) is 6.86. The van der Waals surface area contributed by atoms with Crippen molar-refractivity contribution in [1.29, 1.82) is 0 Å². The number of para-hydroxylation sites is 1. The average Bonchev–Trinajstić information content (AvgIpc) is 3.10. The quantitative estimate of drug-likeness (QED) is 0.802. The Kier molecular flexibility index (Phi) is 3.51. The predicted molar refractivity (Wildman–Crippen MR) is 88.8 cm³/mol. The molecular weight excluding hydrogens is 290 g/mol. The van der Waals surface area contributed by atoms with Crippen molar-refractivity contribution in [3.63, 3.8) is 0 Å². The van der Waals surface area contributed by atoms with Crippen LogP contribution < -0.4 is 5.56 Å². The zero-order chi connectivity index (χ0) is 15.6. The van der Waals surface area contributed by atoms with Crippen LogP contribution in [-0.2, 0) is 6.54 Å². The van der Waals surface area contributed by atoms with Crippen molar-refractivity contribution in [2.24, 2.45) is 0 Å². The number of aromatic amines is 1. The number of nitrogens with zero attached hydrogens (tertiary/aromatic N) is 4. The van der Waals surface area contributed by atoms with E-state index in [1.165, 1.54) is 5.70 Å². The average molecular weight is 307 g/mol. The van der Waals surface area contributed by atoms with Gasteiger partial charge in [0.25, 0.3) is 5.56 Å². The van der Waals surface area contributed by atoms with Gasteiger partial charge in [-0.1, -0.05) is 12.1 Å². The maximum Gasteiger partial charge on any atom is 0.258 e. The van der Waals surface area contributed by atoms with E-state index in [-0.39, 0.29) is 5.56 Å². The molecule has 3 aromatic rings. The first-order valence-corrected chi connectivity index (χ1v) is 7.69. The van der Waals surface area contributed by atoms with E-state index in [2.05, 4.69) is 26.0 Å². The second-order valence-corrected chi connectivity index (χ2v) is 5.66. The highest BCUT2D eigenvalue weighted by Crippen LogP contribution is 2.16. The van der Waals surface area contributed by atoms with E-state index in [4.69, 9.17) is 0 Å². The van der Waals surface area contributed by atoms with Gasteiger partial charge in [-0.05, 0) is 24.3 Å². The van der Waals surface area contributed by atoms with Gasteiger partial charge in [0, 0.05) is 37.6 Å². The monoisotopic (exact) mass is 307 g/mol. The number of aromatic nitrogens is 4. The molecule has 0 spiro atoms. The number of fused-ring (bicyclic) bond motifs is 1. The van der Waals surface area contributed by atoms with Gasteiger partial charge in [-0.15, -0.1) is 0 Å². The molecule has 6 nitrogen and oxygen atoms in total. The molecule has 0 aliphatic carbocycles. The Labute approximate surface area is 133 Å². The highest BCUT2D eigenvalue weighted by molar-refractivity contribution is 5.77. The van der Waals surface area contributed by atoms with Crippen LogP contribution in [0.4, 0.5) is 0 Å². The Bertz CT molecular complexity index is 910. The summed E-state index contributed by atoms with van der Waals surface area (Å²) in [5.41, 5.74) is 1.89. The lowest BCUT2D eigenvalue weighted by atomic mass is 10.2. The van der Waals surface area contributed by atoms with E-state index < -0.39 is 0 Å². The minimum Gasteiger partial charge on any atom is -0.309 e. The van der Waals surface area contributed by atoms with Crippen LogP contribution in [0.2, 0.25) is 0 Å². The molecule has 3 heterocycles. The lowest BCUT2D eigenvalue weighted by Gasteiger charge is -2.25. The van der Waals surface area contributed by atoms with Crippen LogP contribution >= 0.6 is 0 Å². The van der Waals surface area contributed by atoms with Gasteiger partial charge in [0.1, 0.15) is 5.82 Å². The largest absolute Gasteiger partial charge is 0.309 e. The fourth-order valence-electron chi connectivity index (χ4n) is 2.91. The molecule has 1 aliphatic rings. The number of hydrogen-bond acceptors (Lipinski definition) is 4. The molecule has 4 rings (SSSR count). The van der Waals surface area contributed by atoms with Crippen LogP contribution in [0.15, 0.2) is 53.6 Å². The highest BCUT2D eigenvalue weighted by Gasteiger charge is 2.14. The fourth-order valence-corrected chi connectivity index (χ4v) is 2.91. The summed E-state index contributed by atoms with van der Waals surface area (Å²) >= 11 is 0. The number of H-pyrrole nitrogens is 1. The molecule has 0 saturated heterocycles. The summed E-state index contributed by atoms with van der Waals surface area (Å²) in [4.78, 5) is 21.8. The third-order valence-corrected chi connectivity index (χ3v) is 4.10.